The minimum atomic E-state index is -1.09. The highest BCUT2D eigenvalue weighted by molar-refractivity contribution is 7.83. The van der Waals surface area contributed by atoms with E-state index in [1.54, 1.807) is 0 Å². The summed E-state index contributed by atoms with van der Waals surface area (Å²) < 4.78 is 19.7. The van der Waals surface area contributed by atoms with Crippen LogP contribution in [0.4, 0.5) is 0 Å². The van der Waals surface area contributed by atoms with Gasteiger partial charge in [0.1, 0.15) is 5.65 Å². The lowest BCUT2D eigenvalue weighted by atomic mass is 10.2. The molecule has 5 nitrogen and oxygen atoms in total. The molecule has 0 aliphatic rings. The summed E-state index contributed by atoms with van der Waals surface area (Å²) in [5.74, 6) is 1.44. The molecule has 4 rings (SSSR count). The highest BCUT2D eigenvalue weighted by Crippen LogP contribution is 2.20. The maximum atomic E-state index is 12.4. The van der Waals surface area contributed by atoms with Crippen molar-refractivity contribution in [1.29, 1.82) is 0 Å². The van der Waals surface area contributed by atoms with Gasteiger partial charge in [-0.3, -0.25) is 4.21 Å². The van der Waals surface area contributed by atoms with Crippen molar-refractivity contribution < 1.29 is 8.73 Å². The quantitative estimate of drug-likeness (QED) is 0.560. The zero-order valence-corrected chi connectivity index (χ0v) is 13.6. The van der Waals surface area contributed by atoms with Gasteiger partial charge in [0, 0.05) is 34.8 Å². The second kappa shape index (κ2) is 6.41. The molecule has 0 spiro atoms. The molecule has 6 heteroatoms. The molecule has 0 saturated heterocycles. The zero-order valence-electron chi connectivity index (χ0n) is 12.8. The van der Waals surface area contributed by atoms with Crippen LogP contribution in [0, 0.1) is 0 Å². The molecule has 0 saturated carbocycles. The summed E-state index contributed by atoms with van der Waals surface area (Å²) in [6.45, 7) is 0. The number of nitrogens with zero attached hydrogens (tertiary/aromatic N) is 3. The van der Waals surface area contributed by atoms with Gasteiger partial charge in [-0.1, -0.05) is 41.6 Å². The largest absolute Gasteiger partial charge is 0.356 e. The third-order valence-corrected chi connectivity index (χ3v) is 4.88. The van der Waals surface area contributed by atoms with E-state index in [1.807, 2.05) is 71.4 Å². The Morgan fingerprint density at radius 1 is 1.00 bits per heavy atom. The summed E-state index contributed by atoms with van der Waals surface area (Å²) >= 11 is 0. The molecular weight excluding hydrogens is 322 g/mol. The van der Waals surface area contributed by atoms with Gasteiger partial charge in [-0.25, -0.2) is 4.98 Å². The lowest BCUT2D eigenvalue weighted by Crippen LogP contribution is -1.99. The van der Waals surface area contributed by atoms with E-state index in [-0.39, 0.29) is 0 Å². The average molecular weight is 337 g/mol. The molecule has 0 amide bonds. The van der Waals surface area contributed by atoms with Crippen molar-refractivity contribution in [2.75, 3.05) is 0 Å². The summed E-state index contributed by atoms with van der Waals surface area (Å²) in [5.41, 5.74) is 3.32. The summed E-state index contributed by atoms with van der Waals surface area (Å²) in [7, 11) is -1.09. The zero-order chi connectivity index (χ0) is 16.4. The Balaban J connectivity index is 1.45. The van der Waals surface area contributed by atoms with E-state index in [0.717, 1.165) is 16.9 Å². The summed E-state index contributed by atoms with van der Waals surface area (Å²) in [4.78, 5) is 4.47. The van der Waals surface area contributed by atoms with Crippen LogP contribution in [0.5, 0.6) is 0 Å². The van der Waals surface area contributed by atoms with E-state index in [4.69, 9.17) is 4.52 Å². The van der Waals surface area contributed by atoms with E-state index in [2.05, 4.69) is 10.1 Å². The second-order valence-corrected chi connectivity index (χ2v) is 6.93. The molecule has 0 aliphatic carbocycles. The summed E-state index contributed by atoms with van der Waals surface area (Å²) in [6, 6.07) is 17.4. The molecule has 4 aromatic rings. The van der Waals surface area contributed by atoms with Crippen molar-refractivity contribution in [3.05, 3.63) is 78.4 Å². The number of pyridine rings is 1. The Bertz CT molecular complexity index is 959. The van der Waals surface area contributed by atoms with Crippen LogP contribution < -0.4 is 0 Å². The van der Waals surface area contributed by atoms with Crippen LogP contribution in [0.3, 0.4) is 0 Å². The van der Waals surface area contributed by atoms with Crippen molar-refractivity contribution in [3.63, 3.8) is 0 Å². The molecule has 0 N–H and O–H groups in total. The molecule has 1 aromatic carbocycles. The highest BCUT2D eigenvalue weighted by Gasteiger charge is 2.11. The fraction of sp³-hybridized carbons (Fsp3) is 0.111. The predicted molar refractivity (Wildman–Crippen MR) is 92.7 cm³/mol. The Labute approximate surface area is 141 Å². The molecule has 120 valence electrons. The monoisotopic (exact) mass is 337 g/mol. The van der Waals surface area contributed by atoms with Gasteiger partial charge in [-0.2, -0.15) is 0 Å². The second-order valence-electron chi connectivity index (χ2n) is 5.48. The maximum absolute atomic E-state index is 12.4. The summed E-state index contributed by atoms with van der Waals surface area (Å²) in [5, 5.41) is 4.02. The van der Waals surface area contributed by atoms with Crippen LogP contribution in [0.25, 0.3) is 17.0 Å². The van der Waals surface area contributed by atoms with Gasteiger partial charge in [0.2, 0.25) is 0 Å². The summed E-state index contributed by atoms with van der Waals surface area (Å²) in [6.07, 6.45) is 3.84. The van der Waals surface area contributed by atoms with Crippen molar-refractivity contribution in [2.24, 2.45) is 0 Å². The average Bonchev–Trinajstić information content (AvgIpc) is 3.21. The maximum Gasteiger partial charge on any atom is 0.167 e. The van der Waals surface area contributed by atoms with Gasteiger partial charge < -0.3 is 8.92 Å². The van der Waals surface area contributed by atoms with E-state index < -0.39 is 10.8 Å². The Morgan fingerprint density at radius 2 is 1.79 bits per heavy atom. The molecule has 3 heterocycles. The molecule has 0 fully saturated rings. The fourth-order valence-corrected chi connectivity index (χ4v) is 3.59. The van der Waals surface area contributed by atoms with Crippen molar-refractivity contribution >= 4 is 16.4 Å². The highest BCUT2D eigenvalue weighted by atomic mass is 32.2. The van der Waals surface area contributed by atoms with Gasteiger partial charge in [0.05, 0.1) is 22.9 Å². The predicted octanol–water partition coefficient (Wildman–Crippen LogP) is 3.44. The molecular formula is C18H15N3O2S. The van der Waals surface area contributed by atoms with E-state index >= 15 is 0 Å². The first-order valence-electron chi connectivity index (χ1n) is 7.56. The Kier molecular flexibility index (Phi) is 3.96. The fourth-order valence-electron chi connectivity index (χ4n) is 2.56. The number of imidazole rings is 1. The molecule has 0 bridgehead atoms. The van der Waals surface area contributed by atoms with Gasteiger partial charge in [0.25, 0.3) is 0 Å². The van der Waals surface area contributed by atoms with Gasteiger partial charge >= 0.3 is 0 Å². The first-order chi connectivity index (χ1) is 11.8. The normalized spacial score (nSPS) is 12.5. The minimum Gasteiger partial charge on any atom is -0.356 e. The molecule has 3 aromatic heterocycles. The molecule has 24 heavy (non-hydrogen) atoms. The Hall–Kier alpha value is -2.73. The van der Waals surface area contributed by atoms with Crippen LogP contribution in [0.1, 0.15) is 11.4 Å². The lowest BCUT2D eigenvalue weighted by Gasteiger charge is -1.95. The van der Waals surface area contributed by atoms with Crippen molar-refractivity contribution in [3.8, 4) is 11.3 Å². The first-order valence-corrected chi connectivity index (χ1v) is 9.05. The van der Waals surface area contributed by atoms with Crippen LogP contribution in [-0.4, -0.2) is 18.8 Å². The van der Waals surface area contributed by atoms with Crippen LogP contribution >= 0.6 is 0 Å². The third-order valence-electron chi connectivity index (χ3n) is 3.65. The SMILES string of the molecule is O=[S@](Cc1cc(-c2ccccc2)on1)Cc1cn2ccccc2n1. The minimum absolute atomic E-state index is 0.351. The van der Waals surface area contributed by atoms with E-state index in [1.165, 1.54) is 0 Å². The smallest absolute Gasteiger partial charge is 0.167 e. The van der Waals surface area contributed by atoms with Gasteiger partial charge in [0.15, 0.2) is 5.76 Å². The van der Waals surface area contributed by atoms with Gasteiger partial charge in [-0.15, -0.1) is 0 Å². The standard InChI is InChI=1S/C18H15N3O2S/c22-24(13-16-11-21-9-5-4-8-18(21)19-16)12-15-10-17(23-20-15)14-6-2-1-3-7-14/h1-11H,12-13H2/t24-/m1/s1. The molecule has 0 radical (unpaired) electrons. The number of rotatable bonds is 5. The lowest BCUT2D eigenvalue weighted by molar-refractivity contribution is 0.426. The number of hydrogen-bond donors (Lipinski definition) is 0. The first kappa shape index (κ1) is 14.8. The number of hydrogen-bond acceptors (Lipinski definition) is 4. The third kappa shape index (κ3) is 3.14. The molecule has 0 aliphatic heterocycles. The van der Waals surface area contributed by atoms with Crippen molar-refractivity contribution in [1.82, 2.24) is 14.5 Å². The number of fused-ring (bicyclic) bond motifs is 1. The molecule has 0 unspecified atom stereocenters. The van der Waals surface area contributed by atoms with E-state index in [0.29, 0.717) is 23.0 Å². The van der Waals surface area contributed by atoms with Crippen LogP contribution in [-0.2, 0) is 22.3 Å². The topological polar surface area (TPSA) is 60.4 Å². The Morgan fingerprint density at radius 3 is 2.62 bits per heavy atom. The van der Waals surface area contributed by atoms with E-state index in [9.17, 15) is 4.21 Å². The van der Waals surface area contributed by atoms with Gasteiger partial charge in [-0.05, 0) is 12.1 Å². The molecule has 1 atom stereocenters. The number of benzene rings is 1. The van der Waals surface area contributed by atoms with Crippen LogP contribution in [0.15, 0.2) is 71.5 Å². The number of aromatic nitrogens is 3. The van der Waals surface area contributed by atoms with Crippen LogP contribution in [0.2, 0.25) is 0 Å². The van der Waals surface area contributed by atoms with Crippen molar-refractivity contribution in [2.45, 2.75) is 11.5 Å².